The largest absolute Gasteiger partial charge is 0.481 e. The molecule has 2 aromatic heterocycles. The molecule has 0 saturated carbocycles. The Morgan fingerprint density at radius 3 is 2.81 bits per heavy atom. The van der Waals surface area contributed by atoms with Crippen molar-refractivity contribution in [1.29, 1.82) is 0 Å². The van der Waals surface area contributed by atoms with Crippen molar-refractivity contribution < 1.29 is 14.0 Å². The first-order valence-electron chi connectivity index (χ1n) is 6.32. The highest BCUT2D eigenvalue weighted by molar-refractivity contribution is 5.44. The van der Waals surface area contributed by atoms with Crippen LogP contribution in [0.3, 0.4) is 0 Å². The molecule has 2 rings (SSSR count). The van der Waals surface area contributed by atoms with Crippen LogP contribution in [0.25, 0.3) is 0 Å². The number of methoxy groups -OCH3 is 2. The van der Waals surface area contributed by atoms with Gasteiger partial charge in [0.25, 0.3) is 0 Å². The number of aromatic nitrogens is 4. The number of nitrogen functional groups attached to an aromatic ring is 1. The van der Waals surface area contributed by atoms with E-state index in [0.717, 1.165) is 0 Å². The van der Waals surface area contributed by atoms with E-state index in [1.165, 1.54) is 7.11 Å². The maximum Gasteiger partial charge on any atom is 0.246 e. The minimum absolute atomic E-state index is 0.141. The normalized spacial score (nSPS) is 10.6. The van der Waals surface area contributed by atoms with Crippen molar-refractivity contribution >= 4 is 11.8 Å². The lowest BCUT2D eigenvalue weighted by Gasteiger charge is -2.16. The summed E-state index contributed by atoms with van der Waals surface area (Å²) in [7, 11) is 4.98. The Labute approximate surface area is 122 Å². The highest BCUT2D eigenvalue weighted by atomic mass is 16.5. The Kier molecular flexibility index (Phi) is 4.88. The number of anilines is 2. The molecule has 9 heteroatoms. The zero-order valence-corrected chi connectivity index (χ0v) is 12.2. The first-order valence-corrected chi connectivity index (χ1v) is 6.32. The van der Waals surface area contributed by atoms with Gasteiger partial charge in [0, 0.05) is 26.6 Å². The third-order valence-corrected chi connectivity index (χ3v) is 2.72. The smallest absolute Gasteiger partial charge is 0.246 e. The predicted octanol–water partition coefficient (Wildman–Crippen LogP) is 0.276. The average Bonchev–Trinajstić information content (AvgIpc) is 2.91. The van der Waals surface area contributed by atoms with Gasteiger partial charge in [0.2, 0.25) is 17.7 Å². The van der Waals surface area contributed by atoms with Gasteiger partial charge in [-0.3, -0.25) is 0 Å². The topological polar surface area (TPSA) is 112 Å². The molecular weight excluding hydrogens is 276 g/mol. The van der Waals surface area contributed by atoms with Gasteiger partial charge in [0.1, 0.15) is 5.82 Å². The number of nitrogens with zero attached hydrogens (tertiary/aromatic N) is 5. The van der Waals surface area contributed by atoms with Gasteiger partial charge in [-0.2, -0.15) is 15.0 Å². The average molecular weight is 294 g/mol. The molecule has 21 heavy (non-hydrogen) atoms. The van der Waals surface area contributed by atoms with Crippen LogP contribution >= 0.6 is 0 Å². The van der Waals surface area contributed by atoms with Gasteiger partial charge in [-0.05, 0) is 0 Å². The van der Waals surface area contributed by atoms with Crippen molar-refractivity contribution in [2.75, 3.05) is 38.5 Å². The summed E-state index contributed by atoms with van der Waals surface area (Å²) < 4.78 is 15.2. The highest BCUT2D eigenvalue weighted by Gasteiger charge is 2.12. The summed E-state index contributed by atoms with van der Waals surface area (Å²) in [6.07, 6.45) is 0.609. The molecule has 0 unspecified atom stereocenters. The second-order valence-corrected chi connectivity index (χ2v) is 4.33. The highest BCUT2D eigenvalue weighted by Crippen LogP contribution is 2.18. The van der Waals surface area contributed by atoms with Crippen LogP contribution in [-0.2, 0) is 17.7 Å². The molecule has 0 aliphatic rings. The van der Waals surface area contributed by atoms with Crippen LogP contribution in [0.15, 0.2) is 10.6 Å². The van der Waals surface area contributed by atoms with E-state index in [2.05, 4.69) is 20.1 Å². The van der Waals surface area contributed by atoms with Crippen molar-refractivity contribution in [3.05, 3.63) is 17.8 Å². The maximum atomic E-state index is 5.63. The lowest BCUT2D eigenvalue weighted by molar-refractivity contribution is 0.199. The van der Waals surface area contributed by atoms with Crippen molar-refractivity contribution in [2.24, 2.45) is 0 Å². The third kappa shape index (κ3) is 4.02. The first-order chi connectivity index (χ1) is 10.1. The Balaban J connectivity index is 2.05. The van der Waals surface area contributed by atoms with Gasteiger partial charge in [-0.15, -0.1) is 0 Å². The van der Waals surface area contributed by atoms with Crippen molar-refractivity contribution in [1.82, 2.24) is 20.1 Å². The van der Waals surface area contributed by atoms with Crippen LogP contribution in [0, 0.1) is 0 Å². The molecule has 0 atom stereocenters. The van der Waals surface area contributed by atoms with Crippen LogP contribution in [0.4, 0.5) is 11.8 Å². The zero-order valence-electron chi connectivity index (χ0n) is 12.2. The Morgan fingerprint density at radius 2 is 2.10 bits per heavy atom. The van der Waals surface area contributed by atoms with Gasteiger partial charge in [0.05, 0.1) is 20.3 Å². The molecule has 0 bridgehead atoms. The summed E-state index contributed by atoms with van der Waals surface area (Å²) in [5, 5.41) is 3.88. The van der Waals surface area contributed by atoms with Crippen molar-refractivity contribution in [2.45, 2.75) is 13.0 Å². The summed E-state index contributed by atoms with van der Waals surface area (Å²) in [5.74, 6) is 2.24. The van der Waals surface area contributed by atoms with E-state index in [9.17, 15) is 0 Å². The summed E-state index contributed by atoms with van der Waals surface area (Å²) >= 11 is 0. The molecule has 0 aliphatic heterocycles. The Morgan fingerprint density at radius 1 is 1.29 bits per heavy atom. The van der Waals surface area contributed by atoms with E-state index in [1.807, 2.05) is 11.9 Å². The quantitative estimate of drug-likeness (QED) is 0.768. The van der Waals surface area contributed by atoms with Gasteiger partial charge in [0.15, 0.2) is 5.82 Å². The van der Waals surface area contributed by atoms with Gasteiger partial charge < -0.3 is 24.6 Å². The molecule has 0 saturated heterocycles. The summed E-state index contributed by atoms with van der Waals surface area (Å²) in [6.45, 7) is 0.952. The zero-order chi connectivity index (χ0) is 15.2. The molecule has 9 nitrogen and oxygen atoms in total. The summed E-state index contributed by atoms with van der Waals surface area (Å²) in [5.41, 5.74) is 5.63. The van der Waals surface area contributed by atoms with E-state index >= 15 is 0 Å². The maximum absolute atomic E-state index is 5.63. The minimum Gasteiger partial charge on any atom is -0.481 e. The molecule has 2 heterocycles. The molecule has 2 N–H and O–H groups in total. The van der Waals surface area contributed by atoms with Crippen LogP contribution in [-0.4, -0.2) is 48.0 Å². The van der Waals surface area contributed by atoms with E-state index in [-0.39, 0.29) is 5.95 Å². The van der Waals surface area contributed by atoms with E-state index in [4.69, 9.17) is 19.7 Å². The van der Waals surface area contributed by atoms with E-state index in [1.54, 1.807) is 13.2 Å². The van der Waals surface area contributed by atoms with Crippen LogP contribution in [0.5, 0.6) is 5.88 Å². The number of hydrogen-bond donors (Lipinski definition) is 1. The van der Waals surface area contributed by atoms with Gasteiger partial charge in [-0.1, -0.05) is 5.16 Å². The Hall–Kier alpha value is -2.42. The number of nitrogens with two attached hydrogens (primary N) is 1. The minimum atomic E-state index is 0.141. The predicted molar refractivity (Wildman–Crippen MR) is 75.0 cm³/mol. The first kappa shape index (κ1) is 15.0. The van der Waals surface area contributed by atoms with Crippen LogP contribution in [0.1, 0.15) is 11.7 Å². The van der Waals surface area contributed by atoms with Gasteiger partial charge >= 0.3 is 0 Å². The second kappa shape index (κ2) is 6.84. The lowest BCUT2D eigenvalue weighted by Crippen LogP contribution is -2.19. The molecule has 0 aromatic carbocycles. The van der Waals surface area contributed by atoms with Crippen molar-refractivity contribution in [3.63, 3.8) is 0 Å². The van der Waals surface area contributed by atoms with E-state index in [0.29, 0.717) is 43.0 Å². The molecular formula is C12H18N6O3. The molecule has 0 fully saturated rings. The standard InChI is InChI=1S/C12H18N6O3/c1-18(9-6-10(20-3)16-12(13)15-9)7-11-14-8(17-21-11)4-5-19-2/h6H,4-5,7H2,1-3H3,(H2,13,15,16). The number of ether oxygens (including phenoxy) is 2. The Bertz CT molecular complexity index is 588. The molecule has 0 spiro atoms. The third-order valence-electron chi connectivity index (χ3n) is 2.72. The molecule has 2 aromatic rings. The fraction of sp³-hybridized carbons (Fsp3) is 0.500. The SMILES string of the molecule is COCCc1noc(CN(C)c2cc(OC)nc(N)n2)n1. The van der Waals surface area contributed by atoms with Crippen LogP contribution in [0.2, 0.25) is 0 Å². The fourth-order valence-electron chi connectivity index (χ4n) is 1.66. The molecule has 114 valence electrons. The fourth-order valence-corrected chi connectivity index (χ4v) is 1.66. The molecule has 0 radical (unpaired) electrons. The van der Waals surface area contributed by atoms with E-state index < -0.39 is 0 Å². The van der Waals surface area contributed by atoms with Crippen LogP contribution < -0.4 is 15.4 Å². The second-order valence-electron chi connectivity index (χ2n) is 4.33. The number of hydrogen-bond acceptors (Lipinski definition) is 9. The summed E-state index contributed by atoms with van der Waals surface area (Å²) in [4.78, 5) is 14.2. The summed E-state index contributed by atoms with van der Waals surface area (Å²) in [6, 6.07) is 1.68. The monoisotopic (exact) mass is 294 g/mol. The molecule has 0 aliphatic carbocycles. The number of rotatable bonds is 7. The van der Waals surface area contributed by atoms with Crippen molar-refractivity contribution in [3.8, 4) is 5.88 Å². The van der Waals surface area contributed by atoms with Gasteiger partial charge in [-0.25, -0.2) is 0 Å². The lowest BCUT2D eigenvalue weighted by atomic mass is 10.4. The molecule has 0 amide bonds.